The van der Waals surface area contributed by atoms with Gasteiger partial charge in [0, 0.05) is 0 Å². The number of aliphatic hydroxyl groups excluding tert-OH is 1. The predicted molar refractivity (Wildman–Crippen MR) is 63.6 cm³/mol. The fourth-order valence-electron chi connectivity index (χ4n) is 1.97. The third kappa shape index (κ3) is 2.71. The van der Waals surface area contributed by atoms with Crippen molar-refractivity contribution >= 4 is 35.4 Å². The molecule has 1 saturated heterocycles. The molecule has 1 N–H and O–H groups in total. The van der Waals surface area contributed by atoms with Gasteiger partial charge in [-0.2, -0.15) is 0 Å². The van der Waals surface area contributed by atoms with Crippen molar-refractivity contribution in [2.24, 2.45) is 5.92 Å². The zero-order valence-corrected chi connectivity index (χ0v) is 15.1. The molecule has 5 nitrogen and oxygen atoms in total. The van der Waals surface area contributed by atoms with Crippen LogP contribution in [0.15, 0.2) is 9.93 Å². The number of β-lactam (4-membered cyclic amide) rings is 1. The third-order valence-corrected chi connectivity index (χ3v) is 5.27. The summed E-state index contributed by atoms with van der Waals surface area (Å²) < 4.78 is 0.606. The van der Waals surface area contributed by atoms with E-state index in [1.807, 2.05) is 6.92 Å². The van der Waals surface area contributed by atoms with E-state index in [9.17, 15) is 19.8 Å². The molecule has 94 valence electrons. The Kier molecular flexibility index (Phi) is 6.26. The number of amides is 1. The summed E-state index contributed by atoms with van der Waals surface area (Å²) >= 11 is 2.71. The number of carboxylic acids is 1. The molecule has 0 radical (unpaired) electrons. The summed E-state index contributed by atoms with van der Waals surface area (Å²) in [5, 5.41) is 20.2. The normalized spacial score (nSPS) is 27.5. The van der Waals surface area contributed by atoms with Crippen molar-refractivity contribution in [3.8, 4) is 0 Å². The van der Waals surface area contributed by atoms with Gasteiger partial charge in [-0.05, 0) is 12.7 Å². The van der Waals surface area contributed by atoms with Crippen molar-refractivity contribution in [1.82, 2.24) is 4.90 Å². The first-order valence-corrected chi connectivity index (χ1v) is 7.11. The minimum atomic E-state index is -1.33. The molecule has 0 aromatic heterocycles. The van der Waals surface area contributed by atoms with Gasteiger partial charge in [-0.1, -0.05) is 18.7 Å². The van der Waals surface area contributed by atoms with Crippen LogP contribution in [0.4, 0.5) is 0 Å². The average molecular weight is 313 g/mol. The van der Waals surface area contributed by atoms with Crippen molar-refractivity contribution in [2.45, 2.75) is 25.3 Å². The van der Waals surface area contributed by atoms with Crippen LogP contribution in [0, 0.1) is 5.92 Å². The Bertz CT molecular complexity index is 413. The summed E-state index contributed by atoms with van der Waals surface area (Å²) in [5.74, 6) is -1.44. The van der Waals surface area contributed by atoms with Crippen LogP contribution in [-0.4, -0.2) is 39.1 Å². The predicted octanol–water partition coefficient (Wildman–Crippen LogP) is -3.43. The smallest absolute Gasteiger partial charge is 0.543 e. The molecule has 3 atom stereocenters. The van der Waals surface area contributed by atoms with Crippen LogP contribution in [0.5, 0.6) is 0 Å². The number of carboxylic acid groups (broad SMARTS) is 1. The number of carbonyl (C=O) groups is 2. The van der Waals surface area contributed by atoms with Crippen molar-refractivity contribution in [3.05, 3.63) is 9.93 Å². The van der Waals surface area contributed by atoms with E-state index in [-0.39, 0.29) is 68.4 Å². The van der Waals surface area contributed by atoms with Crippen molar-refractivity contribution in [1.29, 1.82) is 0 Å². The van der Waals surface area contributed by atoms with Crippen LogP contribution >= 0.6 is 23.5 Å². The Morgan fingerprint density at radius 1 is 1.67 bits per heavy atom. The van der Waals surface area contributed by atoms with Crippen LogP contribution in [0.1, 0.15) is 13.8 Å². The standard InChI is InChI=1S/C10H13NO4S2.K/c1-3-16-10-6(9(14)15)11-7(13)5(4(2)12)8(11)17-10;/h4-5,8,12H,3H2,1-2H3,(H,14,15);/q;+1/p-1/t4?,5-,8-;/m1./s1. The first kappa shape index (κ1) is 17.0. The van der Waals surface area contributed by atoms with Crippen LogP contribution in [-0.2, 0) is 9.59 Å². The minimum Gasteiger partial charge on any atom is -0.543 e. The number of rotatable bonds is 4. The van der Waals surface area contributed by atoms with Gasteiger partial charge in [-0.3, -0.25) is 9.69 Å². The van der Waals surface area contributed by atoms with E-state index in [0.29, 0.717) is 4.24 Å². The Labute approximate surface area is 156 Å². The van der Waals surface area contributed by atoms with Gasteiger partial charge in [0.15, 0.2) is 0 Å². The molecule has 2 rings (SSSR count). The molecule has 2 heterocycles. The van der Waals surface area contributed by atoms with E-state index in [1.165, 1.54) is 28.4 Å². The molecule has 1 amide bonds. The van der Waals surface area contributed by atoms with E-state index in [1.54, 1.807) is 6.92 Å². The minimum absolute atomic E-state index is 0. The van der Waals surface area contributed by atoms with Gasteiger partial charge in [0.05, 0.1) is 27.9 Å². The van der Waals surface area contributed by atoms with Gasteiger partial charge >= 0.3 is 51.4 Å². The summed E-state index contributed by atoms with van der Waals surface area (Å²) in [6.45, 7) is 3.46. The second-order valence-electron chi connectivity index (χ2n) is 3.84. The van der Waals surface area contributed by atoms with Gasteiger partial charge < -0.3 is 15.0 Å². The molecule has 18 heavy (non-hydrogen) atoms. The number of nitrogens with zero attached hydrogens (tertiary/aromatic N) is 1. The SMILES string of the molecule is CCSC1=C(C(=O)[O-])N2C(=O)[C@@H](C(C)O)[C@H]2S1.[K+]. The molecular weight excluding hydrogens is 301 g/mol. The Morgan fingerprint density at radius 3 is 2.72 bits per heavy atom. The summed E-state index contributed by atoms with van der Waals surface area (Å²) in [6, 6.07) is 0. The number of thioether (sulfide) groups is 2. The zero-order valence-electron chi connectivity index (χ0n) is 10.4. The molecule has 0 aromatic rings. The third-order valence-electron chi connectivity index (χ3n) is 2.73. The molecule has 0 aromatic carbocycles. The van der Waals surface area contributed by atoms with Crippen LogP contribution in [0.25, 0.3) is 0 Å². The van der Waals surface area contributed by atoms with Gasteiger partial charge in [0.2, 0.25) is 5.91 Å². The average Bonchev–Trinajstić information content (AvgIpc) is 2.53. The molecular formula is C10H12KNO4S2. The van der Waals surface area contributed by atoms with E-state index < -0.39 is 18.0 Å². The Morgan fingerprint density at radius 2 is 2.28 bits per heavy atom. The van der Waals surface area contributed by atoms with Crippen LogP contribution in [0.3, 0.4) is 0 Å². The molecule has 8 heteroatoms. The summed E-state index contributed by atoms with van der Waals surface area (Å²) in [6.07, 6.45) is -0.759. The quantitative estimate of drug-likeness (QED) is 0.430. The summed E-state index contributed by atoms with van der Waals surface area (Å²) in [4.78, 5) is 24.0. The van der Waals surface area contributed by atoms with Crippen LogP contribution in [0.2, 0.25) is 0 Å². The Balaban J connectivity index is 0.00000162. The van der Waals surface area contributed by atoms with Crippen LogP contribution < -0.4 is 56.5 Å². The zero-order chi connectivity index (χ0) is 12.7. The van der Waals surface area contributed by atoms with Gasteiger partial charge in [0.1, 0.15) is 5.37 Å². The van der Waals surface area contributed by atoms with Gasteiger partial charge in [-0.25, -0.2) is 0 Å². The molecule has 2 aliphatic heterocycles. The maximum Gasteiger partial charge on any atom is 1.00 e. The topological polar surface area (TPSA) is 80.7 Å². The second-order valence-corrected chi connectivity index (χ2v) is 6.50. The number of aliphatic hydroxyl groups is 1. The largest absolute Gasteiger partial charge is 1.00 e. The molecule has 2 aliphatic rings. The molecule has 1 fully saturated rings. The molecule has 1 unspecified atom stereocenters. The Hall–Kier alpha value is 0.976. The molecule has 0 spiro atoms. The summed E-state index contributed by atoms with van der Waals surface area (Å²) in [7, 11) is 0. The maximum atomic E-state index is 11.8. The van der Waals surface area contributed by atoms with Crippen molar-refractivity contribution < 1.29 is 71.2 Å². The molecule has 0 bridgehead atoms. The van der Waals surface area contributed by atoms with E-state index >= 15 is 0 Å². The fraction of sp³-hybridized carbons (Fsp3) is 0.600. The first-order chi connectivity index (χ1) is 7.99. The van der Waals surface area contributed by atoms with Gasteiger partial charge in [-0.15, -0.1) is 11.8 Å². The second kappa shape index (κ2) is 6.62. The number of fused-ring (bicyclic) bond motifs is 1. The van der Waals surface area contributed by atoms with E-state index in [4.69, 9.17) is 0 Å². The van der Waals surface area contributed by atoms with E-state index in [0.717, 1.165) is 5.75 Å². The monoisotopic (exact) mass is 313 g/mol. The maximum absolute atomic E-state index is 11.8. The summed E-state index contributed by atoms with van der Waals surface area (Å²) in [5.41, 5.74) is -0.0336. The number of aliphatic carboxylic acids is 1. The molecule has 0 aliphatic carbocycles. The molecule has 0 saturated carbocycles. The van der Waals surface area contributed by atoms with E-state index in [2.05, 4.69) is 0 Å². The van der Waals surface area contributed by atoms with Crippen molar-refractivity contribution in [3.63, 3.8) is 0 Å². The van der Waals surface area contributed by atoms with Crippen molar-refractivity contribution in [2.75, 3.05) is 5.75 Å². The fourth-order valence-corrected chi connectivity index (χ4v) is 4.79. The number of hydrogen-bond acceptors (Lipinski definition) is 6. The number of carbonyl (C=O) groups excluding carboxylic acids is 2. The number of hydrogen-bond donors (Lipinski definition) is 1. The van der Waals surface area contributed by atoms with Gasteiger partial charge in [0.25, 0.3) is 0 Å². The first-order valence-electron chi connectivity index (χ1n) is 5.25.